The van der Waals surface area contributed by atoms with Crippen LogP contribution in [-0.4, -0.2) is 48.4 Å². The van der Waals surface area contributed by atoms with Crippen LogP contribution in [0.5, 0.6) is 11.5 Å². The molecule has 0 bridgehead atoms. The molecule has 39 heavy (non-hydrogen) atoms. The predicted molar refractivity (Wildman–Crippen MR) is 156 cm³/mol. The van der Waals surface area contributed by atoms with E-state index in [1.807, 2.05) is 4.68 Å². The Bertz CT molecular complexity index is 1140. The van der Waals surface area contributed by atoms with Gasteiger partial charge < -0.3 is 18.9 Å². The molecule has 210 valence electrons. The lowest BCUT2D eigenvalue weighted by atomic mass is 9.90. The molecular weight excluding hydrogens is 488 g/mol. The number of nitrogens with zero attached hydrogens (tertiary/aromatic N) is 2. The molecule has 0 aliphatic carbocycles. The summed E-state index contributed by atoms with van der Waals surface area (Å²) in [6.07, 6.45) is 2.52. The summed E-state index contributed by atoms with van der Waals surface area (Å²) in [5.74, 6) is 3.31. The Morgan fingerprint density at radius 3 is 1.51 bits per heavy atom. The average Bonchev–Trinajstić information content (AvgIpc) is 3.83. The first-order chi connectivity index (χ1) is 18.6. The first-order valence-electron chi connectivity index (χ1n) is 14.5. The van der Waals surface area contributed by atoms with Crippen molar-refractivity contribution in [3.63, 3.8) is 0 Å². The van der Waals surface area contributed by atoms with Crippen LogP contribution in [0, 0.1) is 0 Å². The maximum Gasteiger partial charge on any atom is 0.126 e. The highest BCUT2D eigenvalue weighted by Crippen LogP contribution is 2.40. The lowest BCUT2D eigenvalue weighted by molar-refractivity contribution is 0.258. The van der Waals surface area contributed by atoms with E-state index in [1.54, 1.807) is 0 Å². The van der Waals surface area contributed by atoms with E-state index in [1.165, 1.54) is 22.3 Å². The highest BCUT2D eigenvalue weighted by molar-refractivity contribution is 5.66. The second kappa shape index (κ2) is 11.3. The summed E-state index contributed by atoms with van der Waals surface area (Å²) in [5.41, 5.74) is 7.99. The topological polar surface area (TPSA) is 61.3 Å². The molecule has 0 amide bonds. The van der Waals surface area contributed by atoms with Crippen LogP contribution < -0.4 is 9.47 Å². The lowest BCUT2D eigenvalue weighted by Crippen LogP contribution is -2.11. The Kier molecular flexibility index (Phi) is 8.06. The molecule has 0 saturated carbocycles. The molecule has 0 spiro atoms. The van der Waals surface area contributed by atoms with Crippen molar-refractivity contribution in [2.75, 3.05) is 26.4 Å². The molecule has 0 N–H and O–H groups in total. The predicted octanol–water partition coefficient (Wildman–Crippen LogP) is 7.59. The minimum absolute atomic E-state index is 0.226. The van der Waals surface area contributed by atoms with Crippen LogP contribution in [0.25, 0.3) is 16.9 Å². The van der Waals surface area contributed by atoms with Crippen LogP contribution in [0.3, 0.4) is 0 Å². The number of aromatic nitrogens is 2. The summed E-state index contributed by atoms with van der Waals surface area (Å²) >= 11 is 0. The third kappa shape index (κ3) is 6.33. The number of ether oxygens (including phenoxy) is 4. The zero-order valence-electron chi connectivity index (χ0n) is 24.8. The summed E-state index contributed by atoms with van der Waals surface area (Å²) < 4.78 is 25.5. The summed E-state index contributed by atoms with van der Waals surface area (Å²) in [6, 6.07) is 11.1. The fourth-order valence-electron chi connectivity index (χ4n) is 4.96. The zero-order chi connectivity index (χ0) is 27.8. The molecule has 2 unspecified atom stereocenters. The van der Waals surface area contributed by atoms with Gasteiger partial charge in [0.15, 0.2) is 0 Å². The van der Waals surface area contributed by atoms with Crippen molar-refractivity contribution in [3.05, 3.63) is 58.8 Å². The number of epoxide rings is 2. The van der Waals surface area contributed by atoms with Gasteiger partial charge in [0.05, 0.1) is 24.6 Å². The van der Waals surface area contributed by atoms with E-state index in [4.69, 9.17) is 24.0 Å². The van der Waals surface area contributed by atoms with Gasteiger partial charge in [0.25, 0.3) is 0 Å². The molecule has 3 aromatic rings. The fraction of sp³-hybridized carbons (Fsp3) is 0.545. The van der Waals surface area contributed by atoms with E-state index in [0.717, 1.165) is 41.7 Å². The van der Waals surface area contributed by atoms with Crippen molar-refractivity contribution >= 4 is 0 Å². The van der Waals surface area contributed by atoms with Crippen molar-refractivity contribution in [2.24, 2.45) is 0 Å². The van der Waals surface area contributed by atoms with Crippen molar-refractivity contribution in [2.45, 2.75) is 91.3 Å². The molecule has 2 atom stereocenters. The largest absolute Gasteiger partial charge is 0.490 e. The summed E-state index contributed by atoms with van der Waals surface area (Å²) in [4.78, 5) is 0. The Morgan fingerprint density at radius 1 is 0.718 bits per heavy atom. The molecular formula is C33H44N2O4. The number of hydrogen-bond acceptors (Lipinski definition) is 5. The van der Waals surface area contributed by atoms with Crippen molar-refractivity contribution < 1.29 is 18.9 Å². The van der Waals surface area contributed by atoms with Gasteiger partial charge in [0, 0.05) is 11.8 Å². The van der Waals surface area contributed by atoms with E-state index in [0.29, 0.717) is 36.9 Å². The van der Waals surface area contributed by atoms with E-state index in [-0.39, 0.29) is 12.2 Å². The highest BCUT2D eigenvalue weighted by atomic mass is 16.6. The standard InChI is InChI=1S/C33H44N2O4/c1-19(2)27-11-23(12-28(20(3)4)32(27)38-17-25-15-36-25)31-9-10-35(34-31)24-13-29(21(5)6)33(30(14-24)22(7)8)39-18-26-16-37-26/h9-14,19-22,25-26H,15-18H2,1-8H3. The molecule has 6 heteroatoms. The number of rotatable bonds is 12. The summed E-state index contributed by atoms with van der Waals surface area (Å²) in [5, 5.41) is 5.08. The first kappa shape index (κ1) is 27.7. The zero-order valence-corrected chi connectivity index (χ0v) is 24.8. The van der Waals surface area contributed by atoms with Crippen LogP contribution in [0.4, 0.5) is 0 Å². The van der Waals surface area contributed by atoms with Gasteiger partial charge in [-0.3, -0.25) is 0 Å². The van der Waals surface area contributed by atoms with Crippen molar-refractivity contribution in [1.82, 2.24) is 9.78 Å². The molecule has 2 aliphatic heterocycles. The third-order valence-electron chi connectivity index (χ3n) is 7.55. The molecule has 3 heterocycles. The second-order valence-corrected chi connectivity index (χ2v) is 12.2. The summed E-state index contributed by atoms with van der Waals surface area (Å²) in [7, 11) is 0. The van der Waals surface area contributed by atoms with Crippen LogP contribution in [0.2, 0.25) is 0 Å². The Balaban J connectivity index is 1.52. The second-order valence-electron chi connectivity index (χ2n) is 12.2. The van der Waals surface area contributed by atoms with Gasteiger partial charge in [-0.2, -0.15) is 5.10 Å². The van der Waals surface area contributed by atoms with E-state index in [9.17, 15) is 0 Å². The van der Waals surface area contributed by atoms with Crippen LogP contribution in [0.15, 0.2) is 36.5 Å². The molecule has 6 nitrogen and oxygen atoms in total. The van der Waals surface area contributed by atoms with Gasteiger partial charge in [-0.05, 0) is 76.3 Å². The van der Waals surface area contributed by atoms with E-state index in [2.05, 4.69) is 91.9 Å². The molecule has 2 aromatic carbocycles. The SMILES string of the molecule is CC(C)c1cc(-c2ccn(-c3cc(C(C)C)c(OCC4CO4)c(C(C)C)c3)n2)cc(C(C)C)c1OCC1CO1. The Hall–Kier alpha value is -2.83. The van der Waals surface area contributed by atoms with Gasteiger partial charge in [-0.1, -0.05) is 55.4 Å². The molecule has 2 aliphatic rings. The molecule has 2 saturated heterocycles. The minimum atomic E-state index is 0.226. The van der Waals surface area contributed by atoms with Crippen LogP contribution in [-0.2, 0) is 9.47 Å². The Labute approximate surface area is 233 Å². The molecule has 1 aromatic heterocycles. The van der Waals surface area contributed by atoms with Crippen LogP contribution >= 0.6 is 0 Å². The van der Waals surface area contributed by atoms with Gasteiger partial charge in [0.2, 0.25) is 0 Å². The highest BCUT2D eigenvalue weighted by Gasteiger charge is 2.27. The molecule has 2 fully saturated rings. The maximum absolute atomic E-state index is 6.33. The van der Waals surface area contributed by atoms with Gasteiger partial charge in [0.1, 0.15) is 36.9 Å². The van der Waals surface area contributed by atoms with Gasteiger partial charge in [-0.25, -0.2) is 4.68 Å². The van der Waals surface area contributed by atoms with Crippen LogP contribution in [0.1, 0.15) is 101 Å². The van der Waals surface area contributed by atoms with Crippen molar-refractivity contribution in [3.8, 4) is 28.4 Å². The summed E-state index contributed by atoms with van der Waals surface area (Å²) in [6.45, 7) is 20.6. The average molecular weight is 533 g/mol. The normalized spacial score (nSPS) is 18.5. The smallest absolute Gasteiger partial charge is 0.126 e. The number of hydrogen-bond donors (Lipinski definition) is 0. The molecule has 0 radical (unpaired) electrons. The quantitative estimate of drug-likeness (QED) is 0.225. The third-order valence-corrected chi connectivity index (χ3v) is 7.55. The lowest BCUT2D eigenvalue weighted by Gasteiger charge is -2.22. The number of benzene rings is 2. The van der Waals surface area contributed by atoms with E-state index >= 15 is 0 Å². The minimum Gasteiger partial charge on any atom is -0.490 e. The van der Waals surface area contributed by atoms with Gasteiger partial charge in [-0.15, -0.1) is 0 Å². The van der Waals surface area contributed by atoms with Crippen molar-refractivity contribution in [1.29, 1.82) is 0 Å². The fourth-order valence-corrected chi connectivity index (χ4v) is 4.96. The van der Waals surface area contributed by atoms with E-state index < -0.39 is 0 Å². The first-order valence-corrected chi connectivity index (χ1v) is 14.5. The maximum atomic E-state index is 6.33. The molecule has 5 rings (SSSR count). The monoisotopic (exact) mass is 532 g/mol. The Morgan fingerprint density at radius 2 is 1.13 bits per heavy atom. The van der Waals surface area contributed by atoms with Gasteiger partial charge >= 0.3 is 0 Å².